The van der Waals surface area contributed by atoms with Crippen LogP contribution in [0.3, 0.4) is 0 Å². The summed E-state index contributed by atoms with van der Waals surface area (Å²) in [5.74, 6) is 0.00423. The molecule has 0 spiro atoms. The number of anilines is 1. The third-order valence-corrected chi connectivity index (χ3v) is 4.35. The molecular weight excluding hydrogens is 312 g/mol. The highest BCUT2D eigenvalue weighted by atomic mass is 16.6. The standard InChI is InChI=1S/C17H24N2O5/c1-12-9-13(24-10-15(20)22-2)3-4-14(12)19-16(21)17(11-18)5-7-23-8-6-17/h3-4,9H,5-8,10-11,18H2,1-2H3,(H,19,21). The van der Waals surface area contributed by atoms with Crippen molar-refractivity contribution in [2.24, 2.45) is 11.1 Å². The number of esters is 1. The Kier molecular flexibility index (Phi) is 6.16. The zero-order valence-electron chi connectivity index (χ0n) is 14.1. The van der Waals surface area contributed by atoms with E-state index in [1.807, 2.05) is 6.92 Å². The van der Waals surface area contributed by atoms with Crippen molar-refractivity contribution in [3.8, 4) is 5.75 Å². The predicted molar refractivity (Wildman–Crippen MR) is 88.9 cm³/mol. The van der Waals surface area contributed by atoms with E-state index in [1.54, 1.807) is 18.2 Å². The third kappa shape index (κ3) is 4.24. The lowest BCUT2D eigenvalue weighted by Crippen LogP contribution is -2.46. The molecule has 1 amide bonds. The molecule has 1 aliphatic heterocycles. The molecule has 1 aliphatic rings. The first-order valence-corrected chi connectivity index (χ1v) is 7.90. The van der Waals surface area contributed by atoms with Crippen LogP contribution in [0.2, 0.25) is 0 Å². The SMILES string of the molecule is COC(=O)COc1ccc(NC(=O)C2(CN)CCOCC2)c(C)c1. The minimum absolute atomic E-state index is 0.0837. The van der Waals surface area contributed by atoms with Crippen molar-refractivity contribution in [3.05, 3.63) is 23.8 Å². The van der Waals surface area contributed by atoms with E-state index in [-0.39, 0.29) is 12.5 Å². The smallest absolute Gasteiger partial charge is 0.343 e. The van der Waals surface area contributed by atoms with Gasteiger partial charge in [-0.1, -0.05) is 0 Å². The van der Waals surface area contributed by atoms with Gasteiger partial charge in [-0.3, -0.25) is 4.79 Å². The van der Waals surface area contributed by atoms with Crippen LogP contribution in [0.15, 0.2) is 18.2 Å². The lowest BCUT2D eigenvalue weighted by atomic mass is 9.79. The molecule has 3 N–H and O–H groups in total. The molecule has 0 bridgehead atoms. The monoisotopic (exact) mass is 336 g/mol. The second kappa shape index (κ2) is 8.12. The van der Waals surface area contributed by atoms with E-state index in [9.17, 15) is 9.59 Å². The number of ether oxygens (including phenoxy) is 3. The molecule has 2 rings (SSSR count). The number of aryl methyl sites for hydroxylation is 1. The van der Waals surface area contributed by atoms with Crippen LogP contribution in [0.25, 0.3) is 0 Å². The Labute approximate surface area is 141 Å². The number of methoxy groups -OCH3 is 1. The van der Waals surface area contributed by atoms with Gasteiger partial charge in [0.2, 0.25) is 5.91 Å². The van der Waals surface area contributed by atoms with E-state index in [4.69, 9.17) is 15.2 Å². The zero-order chi connectivity index (χ0) is 17.6. The van der Waals surface area contributed by atoms with E-state index in [2.05, 4.69) is 10.1 Å². The van der Waals surface area contributed by atoms with Gasteiger partial charge < -0.3 is 25.3 Å². The van der Waals surface area contributed by atoms with E-state index in [1.165, 1.54) is 7.11 Å². The second-order valence-corrected chi connectivity index (χ2v) is 5.89. The molecule has 0 aliphatic carbocycles. The summed E-state index contributed by atoms with van der Waals surface area (Å²) < 4.78 is 15.2. The van der Waals surface area contributed by atoms with Crippen molar-refractivity contribution in [1.29, 1.82) is 0 Å². The molecular formula is C17H24N2O5. The Balaban J connectivity index is 2.04. The summed E-state index contributed by atoms with van der Waals surface area (Å²) in [7, 11) is 1.30. The van der Waals surface area contributed by atoms with Crippen molar-refractivity contribution in [1.82, 2.24) is 0 Å². The Morgan fingerprint density at radius 3 is 2.62 bits per heavy atom. The maximum absolute atomic E-state index is 12.7. The maximum atomic E-state index is 12.7. The minimum atomic E-state index is -0.579. The number of nitrogens with one attached hydrogen (secondary N) is 1. The Bertz CT molecular complexity index is 597. The molecule has 1 fully saturated rings. The van der Waals surface area contributed by atoms with Gasteiger partial charge in [0.05, 0.1) is 12.5 Å². The fraction of sp³-hybridized carbons (Fsp3) is 0.529. The number of benzene rings is 1. The number of carbonyl (C=O) groups is 2. The van der Waals surface area contributed by atoms with Gasteiger partial charge in [-0.15, -0.1) is 0 Å². The van der Waals surface area contributed by atoms with Crippen LogP contribution in [0.1, 0.15) is 18.4 Å². The van der Waals surface area contributed by atoms with Crippen molar-refractivity contribution in [2.75, 3.05) is 38.8 Å². The first-order chi connectivity index (χ1) is 11.5. The number of hydrogen-bond donors (Lipinski definition) is 2. The maximum Gasteiger partial charge on any atom is 0.343 e. The summed E-state index contributed by atoms with van der Waals surface area (Å²) >= 11 is 0. The number of amides is 1. The van der Waals surface area contributed by atoms with Gasteiger partial charge in [-0.2, -0.15) is 0 Å². The fourth-order valence-corrected chi connectivity index (χ4v) is 2.61. The predicted octanol–water partition coefficient (Wildman–Crippen LogP) is 1.24. The van der Waals surface area contributed by atoms with Crippen LogP contribution in [-0.4, -0.2) is 45.4 Å². The summed E-state index contributed by atoms with van der Waals surface area (Å²) in [5.41, 5.74) is 6.81. The molecule has 0 radical (unpaired) electrons. The topological polar surface area (TPSA) is 99.9 Å². The van der Waals surface area contributed by atoms with Gasteiger partial charge in [0.1, 0.15) is 5.75 Å². The highest BCUT2D eigenvalue weighted by Crippen LogP contribution is 2.32. The normalized spacial score (nSPS) is 16.3. The fourth-order valence-electron chi connectivity index (χ4n) is 2.61. The molecule has 132 valence electrons. The first kappa shape index (κ1) is 18.2. The summed E-state index contributed by atoms with van der Waals surface area (Å²) in [6, 6.07) is 5.21. The average Bonchev–Trinajstić information content (AvgIpc) is 2.62. The Morgan fingerprint density at radius 2 is 2.04 bits per heavy atom. The quantitative estimate of drug-likeness (QED) is 0.758. The van der Waals surface area contributed by atoms with Gasteiger partial charge in [-0.25, -0.2) is 4.79 Å². The van der Waals surface area contributed by atoms with Gasteiger partial charge in [0.15, 0.2) is 6.61 Å². The van der Waals surface area contributed by atoms with Crippen LogP contribution in [-0.2, 0) is 19.1 Å². The van der Waals surface area contributed by atoms with Gasteiger partial charge in [-0.05, 0) is 43.5 Å². The van der Waals surface area contributed by atoms with E-state index >= 15 is 0 Å². The van der Waals surface area contributed by atoms with Crippen LogP contribution >= 0.6 is 0 Å². The highest BCUT2D eigenvalue weighted by molar-refractivity contribution is 5.96. The lowest BCUT2D eigenvalue weighted by molar-refractivity contribution is -0.142. The summed E-state index contributed by atoms with van der Waals surface area (Å²) in [5, 5.41) is 2.95. The first-order valence-electron chi connectivity index (χ1n) is 7.90. The summed E-state index contributed by atoms with van der Waals surface area (Å²) in [6.45, 7) is 3.09. The number of hydrogen-bond acceptors (Lipinski definition) is 6. The van der Waals surface area contributed by atoms with Crippen molar-refractivity contribution in [2.45, 2.75) is 19.8 Å². The molecule has 0 aromatic heterocycles. The highest BCUT2D eigenvalue weighted by Gasteiger charge is 2.38. The Morgan fingerprint density at radius 1 is 1.33 bits per heavy atom. The largest absolute Gasteiger partial charge is 0.482 e. The third-order valence-electron chi connectivity index (χ3n) is 4.35. The van der Waals surface area contributed by atoms with Crippen LogP contribution in [0, 0.1) is 12.3 Å². The van der Waals surface area contributed by atoms with E-state index in [0.29, 0.717) is 44.0 Å². The lowest BCUT2D eigenvalue weighted by Gasteiger charge is -2.34. The molecule has 7 nitrogen and oxygen atoms in total. The van der Waals surface area contributed by atoms with Gasteiger partial charge in [0, 0.05) is 25.4 Å². The molecule has 24 heavy (non-hydrogen) atoms. The molecule has 0 atom stereocenters. The van der Waals surface area contributed by atoms with Gasteiger partial charge in [0.25, 0.3) is 0 Å². The number of rotatable bonds is 6. The van der Waals surface area contributed by atoms with Crippen molar-refractivity contribution < 1.29 is 23.8 Å². The molecule has 1 saturated heterocycles. The minimum Gasteiger partial charge on any atom is -0.482 e. The molecule has 1 heterocycles. The van der Waals surface area contributed by atoms with Crippen molar-refractivity contribution >= 4 is 17.6 Å². The molecule has 1 aromatic rings. The molecule has 7 heteroatoms. The second-order valence-electron chi connectivity index (χ2n) is 5.89. The number of carbonyl (C=O) groups excluding carboxylic acids is 2. The van der Waals surface area contributed by atoms with E-state index < -0.39 is 11.4 Å². The summed E-state index contributed by atoms with van der Waals surface area (Å²) in [6.07, 6.45) is 1.24. The summed E-state index contributed by atoms with van der Waals surface area (Å²) in [4.78, 5) is 23.8. The zero-order valence-corrected chi connectivity index (χ0v) is 14.1. The Hall–Kier alpha value is -2.12. The van der Waals surface area contributed by atoms with Crippen LogP contribution < -0.4 is 15.8 Å². The van der Waals surface area contributed by atoms with Gasteiger partial charge >= 0.3 is 5.97 Å². The van der Waals surface area contributed by atoms with Crippen molar-refractivity contribution in [3.63, 3.8) is 0 Å². The molecule has 1 aromatic carbocycles. The number of nitrogens with two attached hydrogens (primary N) is 1. The average molecular weight is 336 g/mol. The van der Waals surface area contributed by atoms with E-state index in [0.717, 1.165) is 5.56 Å². The van der Waals surface area contributed by atoms with Crippen LogP contribution in [0.4, 0.5) is 5.69 Å². The molecule has 0 unspecified atom stereocenters. The van der Waals surface area contributed by atoms with Crippen LogP contribution in [0.5, 0.6) is 5.75 Å². The molecule has 0 saturated carbocycles.